The van der Waals surface area contributed by atoms with E-state index in [1.807, 2.05) is 18.2 Å². The monoisotopic (exact) mass is 282 g/mol. The van der Waals surface area contributed by atoms with E-state index in [1.165, 1.54) is 5.57 Å². The summed E-state index contributed by atoms with van der Waals surface area (Å²) in [6.45, 7) is 0. The van der Waals surface area contributed by atoms with Gasteiger partial charge in [0.1, 0.15) is 5.75 Å². The fraction of sp³-hybridized carbons (Fsp3) is 0.412. The summed E-state index contributed by atoms with van der Waals surface area (Å²) in [6, 6.07) is 5.92. The highest BCUT2D eigenvalue weighted by Crippen LogP contribution is 2.48. The smallest absolute Gasteiger partial charge is 0.324 e. The SMILES string of the molecule is COc1ccc2c(c1)CCC1=CCCC[C@]12C(=O)C=[N+]=[N-]. The van der Waals surface area contributed by atoms with Gasteiger partial charge in [-0.05, 0) is 55.4 Å². The summed E-state index contributed by atoms with van der Waals surface area (Å²) in [4.78, 5) is 15.7. The van der Waals surface area contributed by atoms with Crippen LogP contribution in [-0.4, -0.2) is 23.9 Å². The first-order valence-electron chi connectivity index (χ1n) is 7.31. The average molecular weight is 282 g/mol. The molecule has 0 heterocycles. The molecule has 4 nitrogen and oxygen atoms in total. The number of nitrogens with zero attached hydrogens (tertiary/aromatic N) is 2. The number of aryl methyl sites for hydroxylation is 1. The number of hydrogen-bond donors (Lipinski definition) is 0. The number of Topliss-reactive ketones (excluding diaryl/α,β-unsaturated/α-hetero) is 1. The number of ketones is 1. The number of benzene rings is 1. The van der Waals surface area contributed by atoms with Crippen LogP contribution in [0.2, 0.25) is 0 Å². The van der Waals surface area contributed by atoms with Crippen molar-refractivity contribution in [1.29, 1.82) is 0 Å². The molecule has 4 heteroatoms. The predicted molar refractivity (Wildman–Crippen MR) is 79.6 cm³/mol. The summed E-state index contributed by atoms with van der Waals surface area (Å²) in [5.41, 5.74) is 11.5. The molecule has 0 bridgehead atoms. The van der Waals surface area contributed by atoms with Crippen molar-refractivity contribution in [3.8, 4) is 5.75 Å². The summed E-state index contributed by atoms with van der Waals surface area (Å²) >= 11 is 0. The number of ether oxygens (including phenoxy) is 1. The van der Waals surface area contributed by atoms with Crippen molar-refractivity contribution in [2.75, 3.05) is 7.11 Å². The van der Waals surface area contributed by atoms with Crippen LogP contribution in [0, 0.1) is 0 Å². The van der Waals surface area contributed by atoms with E-state index in [0.29, 0.717) is 0 Å². The van der Waals surface area contributed by atoms with Gasteiger partial charge in [-0.15, -0.1) is 0 Å². The molecule has 1 aromatic rings. The second-order valence-corrected chi connectivity index (χ2v) is 5.66. The predicted octanol–water partition coefficient (Wildman–Crippen LogP) is 2.86. The zero-order chi connectivity index (χ0) is 14.9. The molecule has 0 saturated heterocycles. The minimum Gasteiger partial charge on any atom is -0.497 e. The van der Waals surface area contributed by atoms with Crippen molar-refractivity contribution in [2.24, 2.45) is 0 Å². The van der Waals surface area contributed by atoms with E-state index in [4.69, 9.17) is 10.3 Å². The van der Waals surface area contributed by atoms with E-state index in [2.05, 4.69) is 10.9 Å². The third kappa shape index (κ3) is 2.03. The van der Waals surface area contributed by atoms with E-state index >= 15 is 0 Å². The van der Waals surface area contributed by atoms with Crippen molar-refractivity contribution in [3.05, 3.63) is 46.5 Å². The van der Waals surface area contributed by atoms with Gasteiger partial charge in [-0.3, -0.25) is 4.79 Å². The second-order valence-electron chi connectivity index (χ2n) is 5.66. The molecule has 0 amide bonds. The van der Waals surface area contributed by atoms with Crippen molar-refractivity contribution >= 4 is 12.0 Å². The Morgan fingerprint density at radius 3 is 3.05 bits per heavy atom. The Morgan fingerprint density at radius 2 is 2.29 bits per heavy atom. The highest BCUT2D eigenvalue weighted by atomic mass is 16.5. The molecule has 3 rings (SSSR count). The van der Waals surface area contributed by atoms with Crippen LogP contribution in [0.3, 0.4) is 0 Å². The minimum atomic E-state index is -0.635. The molecule has 0 unspecified atom stereocenters. The van der Waals surface area contributed by atoms with Gasteiger partial charge in [0.15, 0.2) is 0 Å². The van der Waals surface area contributed by atoms with E-state index in [9.17, 15) is 4.79 Å². The highest BCUT2D eigenvalue weighted by Gasteiger charge is 2.48. The lowest BCUT2D eigenvalue weighted by Gasteiger charge is -2.41. The van der Waals surface area contributed by atoms with Crippen molar-refractivity contribution in [2.45, 2.75) is 37.5 Å². The van der Waals surface area contributed by atoms with Gasteiger partial charge in [-0.25, -0.2) is 0 Å². The second kappa shape index (κ2) is 5.30. The summed E-state index contributed by atoms with van der Waals surface area (Å²) in [7, 11) is 1.65. The Labute approximate surface area is 124 Å². The van der Waals surface area contributed by atoms with E-state index in [0.717, 1.165) is 55.2 Å². The molecule has 2 aliphatic rings. The van der Waals surface area contributed by atoms with E-state index in [-0.39, 0.29) is 5.78 Å². The Balaban J connectivity index is 2.22. The first-order valence-corrected chi connectivity index (χ1v) is 7.31. The molecule has 1 atom stereocenters. The van der Waals surface area contributed by atoms with Gasteiger partial charge in [-0.1, -0.05) is 17.7 Å². The number of hydrogen-bond acceptors (Lipinski definition) is 2. The maximum atomic E-state index is 12.7. The molecule has 0 spiro atoms. The molecular formula is C17H18N2O2. The first kappa shape index (κ1) is 13.8. The lowest BCUT2D eigenvalue weighted by Crippen LogP contribution is -2.43. The number of allylic oxidation sites excluding steroid dienone is 2. The van der Waals surface area contributed by atoms with Crippen molar-refractivity contribution < 1.29 is 14.3 Å². The van der Waals surface area contributed by atoms with Gasteiger partial charge in [0.2, 0.25) is 0 Å². The summed E-state index contributed by atoms with van der Waals surface area (Å²) in [6.07, 6.45) is 7.82. The van der Waals surface area contributed by atoms with Gasteiger partial charge in [0.05, 0.1) is 12.5 Å². The maximum Gasteiger partial charge on any atom is 0.324 e. The van der Waals surface area contributed by atoms with Crippen LogP contribution in [-0.2, 0) is 16.6 Å². The van der Waals surface area contributed by atoms with Crippen LogP contribution >= 0.6 is 0 Å². The van der Waals surface area contributed by atoms with Gasteiger partial charge in [0, 0.05) is 0 Å². The van der Waals surface area contributed by atoms with Gasteiger partial charge in [0.25, 0.3) is 5.78 Å². The summed E-state index contributed by atoms with van der Waals surface area (Å²) < 4.78 is 5.29. The van der Waals surface area contributed by atoms with Crippen LogP contribution in [0.1, 0.15) is 36.8 Å². The molecule has 0 fully saturated rings. The van der Waals surface area contributed by atoms with E-state index < -0.39 is 5.41 Å². The fourth-order valence-electron chi connectivity index (χ4n) is 3.77. The summed E-state index contributed by atoms with van der Waals surface area (Å²) in [5, 5.41) is 0. The van der Waals surface area contributed by atoms with Crippen LogP contribution in [0.4, 0.5) is 0 Å². The molecule has 0 saturated carbocycles. The van der Waals surface area contributed by atoms with Crippen LogP contribution in [0.5, 0.6) is 5.75 Å². The Hall–Kier alpha value is -2.19. The Bertz CT molecular complexity index is 671. The minimum absolute atomic E-state index is 0.123. The van der Waals surface area contributed by atoms with Crippen molar-refractivity contribution in [1.82, 2.24) is 0 Å². The molecule has 1 aromatic carbocycles. The lowest BCUT2D eigenvalue weighted by atomic mass is 9.60. The molecule has 21 heavy (non-hydrogen) atoms. The zero-order valence-corrected chi connectivity index (χ0v) is 12.1. The zero-order valence-electron chi connectivity index (χ0n) is 12.1. The highest BCUT2D eigenvalue weighted by molar-refractivity contribution is 6.31. The van der Waals surface area contributed by atoms with Gasteiger partial charge < -0.3 is 10.3 Å². The van der Waals surface area contributed by atoms with Crippen molar-refractivity contribution in [3.63, 3.8) is 0 Å². The van der Waals surface area contributed by atoms with Crippen LogP contribution < -0.4 is 4.74 Å². The number of fused-ring (bicyclic) bond motifs is 3. The summed E-state index contributed by atoms with van der Waals surface area (Å²) in [5.74, 6) is 0.692. The normalized spacial score (nSPS) is 23.2. The Morgan fingerprint density at radius 1 is 1.43 bits per heavy atom. The molecule has 0 radical (unpaired) electrons. The molecule has 0 N–H and O–H groups in total. The third-order valence-corrected chi connectivity index (χ3v) is 4.73. The van der Waals surface area contributed by atoms with Crippen LogP contribution in [0.25, 0.3) is 5.53 Å². The van der Waals surface area contributed by atoms with E-state index in [1.54, 1.807) is 7.11 Å². The Kier molecular flexibility index (Phi) is 3.48. The largest absolute Gasteiger partial charge is 0.497 e. The number of methoxy groups -OCH3 is 1. The molecular weight excluding hydrogens is 264 g/mol. The standard InChI is InChI=1S/C17H18N2O2/c1-21-14-7-8-15-12(10-14)5-6-13-4-2-3-9-17(13,15)16(20)11-19-18/h4,7-8,10-11H,2-3,5-6,9H2,1H3/t17-/m0/s1. The van der Waals surface area contributed by atoms with Crippen LogP contribution in [0.15, 0.2) is 29.8 Å². The maximum absolute atomic E-state index is 12.7. The number of carbonyl (C=O) groups is 1. The quantitative estimate of drug-likeness (QED) is 0.370. The average Bonchev–Trinajstić information content (AvgIpc) is 2.54. The third-order valence-electron chi connectivity index (χ3n) is 4.73. The topological polar surface area (TPSA) is 62.7 Å². The molecule has 2 aliphatic carbocycles. The first-order chi connectivity index (χ1) is 10.2. The molecule has 0 aromatic heterocycles. The lowest BCUT2D eigenvalue weighted by molar-refractivity contribution is -0.120. The molecule has 0 aliphatic heterocycles. The number of rotatable bonds is 3. The van der Waals surface area contributed by atoms with Gasteiger partial charge >= 0.3 is 6.21 Å². The molecule has 108 valence electrons. The number of carbonyl (C=O) groups excluding carboxylic acids is 1. The fourth-order valence-corrected chi connectivity index (χ4v) is 3.77. The van der Waals surface area contributed by atoms with Gasteiger partial charge in [-0.2, -0.15) is 4.79 Å².